The molecule has 0 radical (unpaired) electrons. The molecule has 0 spiro atoms. The number of likely N-dealkylation sites (N-methyl/N-ethyl adjacent to an activating group) is 1. The van der Waals surface area contributed by atoms with Crippen LogP contribution >= 0.6 is 11.6 Å². The van der Waals surface area contributed by atoms with E-state index in [-0.39, 0.29) is 6.04 Å². The van der Waals surface area contributed by atoms with Crippen LogP contribution in [0.1, 0.15) is 6.42 Å². The molecule has 10 nitrogen and oxygen atoms in total. The number of nitrogen functional groups attached to an aromatic ring is 1. The van der Waals surface area contributed by atoms with E-state index in [1.807, 2.05) is 43.6 Å². The number of pyridine rings is 1. The maximum atomic E-state index is 6.45. The Morgan fingerprint density at radius 1 is 1.26 bits per heavy atom. The van der Waals surface area contributed by atoms with Crippen molar-refractivity contribution in [3.8, 4) is 17.0 Å². The van der Waals surface area contributed by atoms with Crippen molar-refractivity contribution in [3.05, 3.63) is 53.9 Å². The minimum absolute atomic E-state index is 0.281. The summed E-state index contributed by atoms with van der Waals surface area (Å²) in [6, 6.07) is 9.86. The van der Waals surface area contributed by atoms with E-state index in [2.05, 4.69) is 25.3 Å². The topological polar surface area (TPSA) is 123 Å². The van der Waals surface area contributed by atoms with Crippen LogP contribution in [0.15, 0.2) is 48.9 Å². The van der Waals surface area contributed by atoms with E-state index in [4.69, 9.17) is 27.9 Å². The SMILES string of the molecule is COc1cc(N2CCC(N(C)N)C2)c(N)cc1Nc1ncc(Cl)c(-c2cnn3ccccc23)n1. The highest BCUT2D eigenvalue weighted by molar-refractivity contribution is 6.33. The molecule has 1 aromatic carbocycles. The number of halogens is 1. The Morgan fingerprint density at radius 3 is 2.88 bits per heavy atom. The molecular formula is C23H26ClN9O. The minimum atomic E-state index is 0.281. The summed E-state index contributed by atoms with van der Waals surface area (Å²) in [5.74, 6) is 6.94. The quantitative estimate of drug-likeness (QED) is 0.217. The molecule has 1 fully saturated rings. The Kier molecular flexibility index (Phi) is 5.86. The predicted molar refractivity (Wildman–Crippen MR) is 134 cm³/mol. The summed E-state index contributed by atoms with van der Waals surface area (Å²) < 4.78 is 7.43. The van der Waals surface area contributed by atoms with Gasteiger partial charge in [0.1, 0.15) is 5.75 Å². The first-order valence-corrected chi connectivity index (χ1v) is 11.2. The number of hydrogen-bond donors (Lipinski definition) is 3. The molecule has 5 N–H and O–H groups in total. The number of ether oxygens (including phenoxy) is 1. The van der Waals surface area contributed by atoms with Gasteiger partial charge >= 0.3 is 0 Å². The van der Waals surface area contributed by atoms with Crippen LogP contribution in [0, 0.1) is 0 Å². The van der Waals surface area contributed by atoms with Crippen molar-refractivity contribution in [2.24, 2.45) is 5.84 Å². The van der Waals surface area contributed by atoms with E-state index in [0.717, 1.165) is 36.3 Å². The number of hydrogen-bond acceptors (Lipinski definition) is 9. The third kappa shape index (κ3) is 4.07. The molecule has 1 unspecified atom stereocenters. The van der Waals surface area contributed by atoms with Crippen LogP contribution in [0.5, 0.6) is 5.75 Å². The third-order valence-corrected chi connectivity index (χ3v) is 6.38. The molecule has 1 saturated heterocycles. The van der Waals surface area contributed by atoms with Crippen LogP contribution in [0.4, 0.5) is 23.0 Å². The first-order chi connectivity index (χ1) is 16.4. The first-order valence-electron chi connectivity index (χ1n) is 10.9. The lowest BCUT2D eigenvalue weighted by atomic mass is 10.2. The molecule has 5 rings (SSSR count). The average Bonchev–Trinajstić information content (AvgIpc) is 3.48. The van der Waals surface area contributed by atoms with Gasteiger partial charge in [0.25, 0.3) is 0 Å². The maximum absolute atomic E-state index is 6.45. The van der Waals surface area contributed by atoms with Gasteiger partial charge in [0.05, 0.1) is 52.8 Å². The van der Waals surface area contributed by atoms with E-state index in [9.17, 15) is 0 Å². The summed E-state index contributed by atoms with van der Waals surface area (Å²) in [5, 5.41) is 9.79. The molecule has 11 heteroatoms. The van der Waals surface area contributed by atoms with Crippen molar-refractivity contribution in [1.82, 2.24) is 24.6 Å². The summed E-state index contributed by atoms with van der Waals surface area (Å²) in [6.07, 6.45) is 6.15. The summed E-state index contributed by atoms with van der Waals surface area (Å²) in [5.41, 5.74) is 10.9. The lowest BCUT2D eigenvalue weighted by Gasteiger charge is -2.24. The lowest BCUT2D eigenvalue weighted by Crippen LogP contribution is -2.39. The van der Waals surface area contributed by atoms with Crippen molar-refractivity contribution in [1.29, 1.82) is 0 Å². The van der Waals surface area contributed by atoms with Gasteiger partial charge in [-0.15, -0.1) is 0 Å². The zero-order valence-electron chi connectivity index (χ0n) is 18.9. The van der Waals surface area contributed by atoms with Gasteiger partial charge in [0.2, 0.25) is 5.95 Å². The molecule has 0 amide bonds. The second-order valence-electron chi connectivity index (χ2n) is 8.27. The van der Waals surface area contributed by atoms with E-state index in [1.165, 1.54) is 0 Å². The smallest absolute Gasteiger partial charge is 0.227 e. The van der Waals surface area contributed by atoms with E-state index >= 15 is 0 Å². The Balaban J connectivity index is 1.46. The number of nitrogens with one attached hydrogen (secondary N) is 1. The second-order valence-corrected chi connectivity index (χ2v) is 8.68. The Morgan fingerprint density at radius 2 is 2.12 bits per heavy atom. The number of methoxy groups -OCH3 is 1. The Bertz CT molecular complexity index is 1340. The van der Waals surface area contributed by atoms with Crippen LogP contribution in [-0.2, 0) is 0 Å². The largest absolute Gasteiger partial charge is 0.494 e. The van der Waals surface area contributed by atoms with Gasteiger partial charge in [-0.05, 0) is 24.6 Å². The van der Waals surface area contributed by atoms with Gasteiger partial charge < -0.3 is 20.7 Å². The molecule has 3 aromatic heterocycles. The molecule has 1 aliphatic heterocycles. The van der Waals surface area contributed by atoms with Crippen molar-refractivity contribution in [2.75, 3.05) is 43.2 Å². The molecule has 0 saturated carbocycles. The Hall–Kier alpha value is -3.60. The van der Waals surface area contributed by atoms with Crippen molar-refractivity contribution in [3.63, 3.8) is 0 Å². The fourth-order valence-corrected chi connectivity index (χ4v) is 4.47. The highest BCUT2D eigenvalue weighted by atomic mass is 35.5. The average molecular weight is 480 g/mol. The lowest BCUT2D eigenvalue weighted by molar-refractivity contribution is 0.267. The van der Waals surface area contributed by atoms with E-state index < -0.39 is 0 Å². The van der Waals surface area contributed by atoms with E-state index in [1.54, 1.807) is 29.0 Å². The third-order valence-electron chi connectivity index (χ3n) is 6.10. The highest BCUT2D eigenvalue weighted by Gasteiger charge is 2.26. The summed E-state index contributed by atoms with van der Waals surface area (Å²) >= 11 is 6.45. The van der Waals surface area contributed by atoms with Crippen molar-refractivity contribution in [2.45, 2.75) is 12.5 Å². The number of rotatable bonds is 6. The van der Waals surface area contributed by atoms with Gasteiger partial charge in [0.15, 0.2) is 0 Å². The van der Waals surface area contributed by atoms with Gasteiger partial charge in [-0.3, -0.25) is 5.84 Å². The molecule has 176 valence electrons. The Labute approximate surface area is 202 Å². The number of fused-ring (bicyclic) bond motifs is 1. The summed E-state index contributed by atoms with van der Waals surface area (Å²) in [6.45, 7) is 1.67. The van der Waals surface area contributed by atoms with Crippen molar-refractivity contribution < 1.29 is 4.74 Å². The fourth-order valence-electron chi connectivity index (χ4n) is 4.27. The molecule has 1 aliphatic rings. The molecule has 34 heavy (non-hydrogen) atoms. The predicted octanol–water partition coefficient (Wildman–Crippen LogP) is 3.16. The summed E-state index contributed by atoms with van der Waals surface area (Å²) in [7, 11) is 3.51. The van der Waals surface area contributed by atoms with Crippen LogP contribution < -0.4 is 26.5 Å². The van der Waals surface area contributed by atoms with Crippen LogP contribution in [0.25, 0.3) is 16.8 Å². The molecular weight excluding hydrogens is 454 g/mol. The number of aromatic nitrogens is 4. The molecule has 0 bridgehead atoms. The number of hydrazine groups is 1. The standard InChI is InChI=1S/C23H26ClN9O/c1-31(26)14-6-8-32(13-14)20-10-21(34-2)18(9-17(20)25)29-23-27-12-16(24)22(30-23)15-11-28-33-7-4-3-5-19(15)33/h3-5,7,9-12,14H,6,8,13,25-26H2,1-2H3,(H,27,29,30). The normalized spacial score (nSPS) is 15.9. The zero-order valence-corrected chi connectivity index (χ0v) is 19.7. The first kappa shape index (κ1) is 22.2. The summed E-state index contributed by atoms with van der Waals surface area (Å²) in [4.78, 5) is 11.2. The highest BCUT2D eigenvalue weighted by Crippen LogP contribution is 2.38. The fraction of sp³-hybridized carbons (Fsp3) is 0.261. The monoisotopic (exact) mass is 479 g/mol. The molecule has 4 heterocycles. The number of anilines is 4. The van der Waals surface area contributed by atoms with E-state index in [0.29, 0.717) is 33.8 Å². The van der Waals surface area contributed by atoms with Crippen LogP contribution in [0.3, 0.4) is 0 Å². The van der Waals surface area contributed by atoms with Gasteiger partial charge in [0, 0.05) is 44.0 Å². The second kappa shape index (κ2) is 8.98. The molecule has 4 aromatic rings. The zero-order chi connectivity index (χ0) is 23.8. The van der Waals surface area contributed by atoms with Crippen LogP contribution in [-0.4, -0.2) is 57.9 Å². The van der Waals surface area contributed by atoms with Crippen molar-refractivity contribution >= 4 is 40.1 Å². The van der Waals surface area contributed by atoms with Gasteiger partial charge in [-0.2, -0.15) is 5.10 Å². The van der Waals surface area contributed by atoms with Gasteiger partial charge in [-0.1, -0.05) is 17.7 Å². The molecule has 1 atom stereocenters. The molecule has 0 aliphatic carbocycles. The van der Waals surface area contributed by atoms with Crippen LogP contribution in [0.2, 0.25) is 5.02 Å². The minimum Gasteiger partial charge on any atom is -0.494 e. The number of nitrogens with two attached hydrogens (primary N) is 2. The maximum Gasteiger partial charge on any atom is 0.227 e. The number of nitrogens with zero attached hydrogens (tertiary/aromatic N) is 6. The number of benzene rings is 1. The van der Waals surface area contributed by atoms with Gasteiger partial charge in [-0.25, -0.2) is 19.5 Å².